The van der Waals surface area contributed by atoms with E-state index in [0.717, 1.165) is 0 Å². The number of carboxylic acids is 2. The maximum absolute atomic E-state index is 10.3. The zero-order valence-corrected chi connectivity index (χ0v) is 9.30. The predicted molar refractivity (Wildman–Crippen MR) is 58.3 cm³/mol. The summed E-state index contributed by atoms with van der Waals surface area (Å²) in [7, 11) is 0. The molecular weight excluding hydrogens is 210 g/mol. The van der Waals surface area contributed by atoms with E-state index in [-0.39, 0.29) is 12.8 Å². The van der Waals surface area contributed by atoms with Crippen molar-refractivity contribution in [2.75, 3.05) is 0 Å². The summed E-state index contributed by atoms with van der Waals surface area (Å²) in [4.78, 5) is 24.6. The van der Waals surface area contributed by atoms with Crippen LogP contribution in [0.4, 0.5) is 0 Å². The van der Waals surface area contributed by atoms with Crippen LogP contribution in [0.3, 0.4) is 0 Å². The zero-order valence-electron chi connectivity index (χ0n) is 9.30. The Hall–Kier alpha value is -1.91. The van der Waals surface area contributed by atoms with Gasteiger partial charge in [-0.3, -0.25) is 14.6 Å². The summed E-state index contributed by atoms with van der Waals surface area (Å²) >= 11 is 0. The first-order valence-corrected chi connectivity index (χ1v) is 4.96. The summed E-state index contributed by atoms with van der Waals surface area (Å²) in [5.41, 5.74) is 0.743. The number of aromatic nitrogens is 1. The summed E-state index contributed by atoms with van der Waals surface area (Å²) in [6.45, 7) is 4.00. The molecule has 5 nitrogen and oxygen atoms in total. The number of hydrogen-bond acceptors (Lipinski definition) is 3. The van der Waals surface area contributed by atoms with E-state index in [0.29, 0.717) is 11.4 Å². The van der Waals surface area contributed by atoms with Crippen LogP contribution in [-0.4, -0.2) is 27.1 Å². The lowest BCUT2D eigenvalue weighted by Crippen LogP contribution is -2.06. The van der Waals surface area contributed by atoms with Crippen LogP contribution in [0.1, 0.15) is 25.2 Å². The Labute approximate surface area is 93.8 Å². The molecule has 0 amide bonds. The van der Waals surface area contributed by atoms with E-state index in [1.54, 1.807) is 18.2 Å². The fourth-order valence-corrected chi connectivity index (χ4v) is 1.04. The average molecular weight is 225 g/mol. The Kier molecular flexibility index (Phi) is 6.51. The summed E-state index contributed by atoms with van der Waals surface area (Å²) in [5.74, 6) is -1.96. The van der Waals surface area contributed by atoms with Gasteiger partial charge in [-0.05, 0) is 12.1 Å². The van der Waals surface area contributed by atoms with Gasteiger partial charge in [0.1, 0.15) is 0 Å². The smallest absolute Gasteiger partial charge is 0.309 e. The molecule has 0 aliphatic rings. The number of pyridine rings is 1. The minimum atomic E-state index is -0.982. The lowest BCUT2D eigenvalue weighted by atomic mass is 10.2. The number of hydrogen-bond donors (Lipinski definition) is 2. The highest BCUT2D eigenvalue weighted by atomic mass is 16.4. The molecule has 0 spiro atoms. The van der Waals surface area contributed by atoms with Crippen molar-refractivity contribution in [3.05, 3.63) is 29.6 Å². The van der Waals surface area contributed by atoms with Crippen LogP contribution in [0, 0.1) is 0 Å². The maximum Gasteiger partial charge on any atom is 0.309 e. The topological polar surface area (TPSA) is 87.5 Å². The first-order valence-electron chi connectivity index (χ1n) is 4.96. The highest BCUT2D eigenvalue weighted by molar-refractivity contribution is 5.70. The Morgan fingerprint density at radius 2 is 1.44 bits per heavy atom. The van der Waals surface area contributed by atoms with E-state index < -0.39 is 11.9 Å². The van der Waals surface area contributed by atoms with Crippen LogP contribution >= 0.6 is 0 Å². The molecular formula is C11H15NO4. The minimum absolute atomic E-state index is 0.187. The summed E-state index contributed by atoms with van der Waals surface area (Å²) < 4.78 is 0. The van der Waals surface area contributed by atoms with Gasteiger partial charge in [0.05, 0.1) is 24.2 Å². The fraction of sp³-hybridized carbons (Fsp3) is 0.364. The van der Waals surface area contributed by atoms with Gasteiger partial charge in [-0.15, -0.1) is 0 Å². The van der Waals surface area contributed by atoms with Gasteiger partial charge in [-0.1, -0.05) is 19.9 Å². The number of nitrogens with zero attached hydrogens (tertiary/aromatic N) is 1. The molecule has 1 heterocycles. The van der Waals surface area contributed by atoms with Crippen molar-refractivity contribution in [2.24, 2.45) is 0 Å². The molecule has 0 unspecified atom stereocenters. The van der Waals surface area contributed by atoms with Crippen LogP contribution < -0.4 is 0 Å². The Balaban J connectivity index is 0.00000106. The van der Waals surface area contributed by atoms with Gasteiger partial charge in [-0.2, -0.15) is 0 Å². The molecule has 2 N–H and O–H groups in total. The van der Waals surface area contributed by atoms with Crippen molar-refractivity contribution in [3.63, 3.8) is 0 Å². The van der Waals surface area contributed by atoms with Crippen LogP contribution in [0.5, 0.6) is 0 Å². The van der Waals surface area contributed by atoms with Crippen molar-refractivity contribution >= 4 is 11.9 Å². The standard InChI is InChI=1S/C9H9NO4.C2H6/c11-8(12)4-6-2-1-3-7(10-6)5-9(13)14;1-2/h1-3H,4-5H2,(H,11,12)(H,13,14);1-2H3. The Morgan fingerprint density at radius 1 is 1.06 bits per heavy atom. The lowest BCUT2D eigenvalue weighted by Gasteiger charge is -1.99. The van der Waals surface area contributed by atoms with E-state index in [2.05, 4.69) is 4.98 Å². The highest BCUT2D eigenvalue weighted by Gasteiger charge is 2.05. The Morgan fingerprint density at radius 3 is 1.75 bits per heavy atom. The lowest BCUT2D eigenvalue weighted by molar-refractivity contribution is -0.137. The minimum Gasteiger partial charge on any atom is -0.481 e. The molecule has 0 bridgehead atoms. The van der Waals surface area contributed by atoms with Crippen LogP contribution in [0.15, 0.2) is 18.2 Å². The quantitative estimate of drug-likeness (QED) is 0.807. The summed E-state index contributed by atoms with van der Waals surface area (Å²) in [5, 5.41) is 17.0. The molecule has 0 radical (unpaired) electrons. The molecule has 0 aliphatic carbocycles. The fourth-order valence-electron chi connectivity index (χ4n) is 1.04. The predicted octanol–water partition coefficient (Wildman–Crippen LogP) is 1.36. The second-order valence-corrected chi connectivity index (χ2v) is 2.76. The highest BCUT2D eigenvalue weighted by Crippen LogP contribution is 2.01. The third-order valence-electron chi connectivity index (χ3n) is 1.53. The SMILES string of the molecule is CC.O=C(O)Cc1cccc(CC(=O)O)n1. The number of aliphatic carboxylic acids is 2. The monoisotopic (exact) mass is 225 g/mol. The molecule has 1 rings (SSSR count). The van der Waals surface area contributed by atoms with Crippen LogP contribution in [0.25, 0.3) is 0 Å². The summed E-state index contributed by atoms with van der Waals surface area (Å²) in [6, 6.07) is 4.71. The molecule has 88 valence electrons. The van der Waals surface area contributed by atoms with Crippen LogP contribution in [-0.2, 0) is 22.4 Å². The maximum atomic E-state index is 10.3. The second-order valence-electron chi connectivity index (χ2n) is 2.76. The Bertz CT molecular complexity index is 332. The van der Waals surface area contributed by atoms with Crippen molar-refractivity contribution in [1.29, 1.82) is 0 Å². The van der Waals surface area contributed by atoms with Gasteiger partial charge in [0, 0.05) is 0 Å². The van der Waals surface area contributed by atoms with E-state index in [1.807, 2.05) is 13.8 Å². The van der Waals surface area contributed by atoms with E-state index in [1.165, 1.54) is 0 Å². The number of rotatable bonds is 4. The van der Waals surface area contributed by atoms with Gasteiger partial charge in [0.15, 0.2) is 0 Å². The first kappa shape index (κ1) is 14.1. The third kappa shape index (κ3) is 5.74. The molecule has 1 aromatic rings. The normalized spacial score (nSPS) is 8.88. The van der Waals surface area contributed by atoms with E-state index in [9.17, 15) is 9.59 Å². The van der Waals surface area contributed by atoms with Crippen molar-refractivity contribution in [1.82, 2.24) is 4.98 Å². The van der Waals surface area contributed by atoms with Gasteiger partial charge < -0.3 is 10.2 Å². The number of carbonyl (C=O) groups is 2. The van der Waals surface area contributed by atoms with Gasteiger partial charge >= 0.3 is 11.9 Å². The zero-order chi connectivity index (χ0) is 12.6. The van der Waals surface area contributed by atoms with E-state index in [4.69, 9.17) is 10.2 Å². The largest absolute Gasteiger partial charge is 0.481 e. The second kappa shape index (κ2) is 7.39. The molecule has 16 heavy (non-hydrogen) atoms. The molecule has 0 aliphatic heterocycles. The summed E-state index contributed by atoms with van der Waals surface area (Å²) in [6.07, 6.45) is -0.374. The molecule has 0 saturated carbocycles. The number of carboxylic acid groups (broad SMARTS) is 2. The molecule has 0 aromatic carbocycles. The van der Waals surface area contributed by atoms with Crippen molar-refractivity contribution in [3.8, 4) is 0 Å². The average Bonchev–Trinajstić information content (AvgIpc) is 2.19. The third-order valence-corrected chi connectivity index (χ3v) is 1.53. The van der Waals surface area contributed by atoms with Gasteiger partial charge in [-0.25, -0.2) is 0 Å². The molecule has 0 fully saturated rings. The first-order chi connectivity index (χ1) is 7.58. The van der Waals surface area contributed by atoms with Crippen molar-refractivity contribution in [2.45, 2.75) is 26.7 Å². The molecule has 0 saturated heterocycles. The van der Waals surface area contributed by atoms with Gasteiger partial charge in [0.2, 0.25) is 0 Å². The van der Waals surface area contributed by atoms with Gasteiger partial charge in [0.25, 0.3) is 0 Å². The van der Waals surface area contributed by atoms with Crippen molar-refractivity contribution < 1.29 is 19.8 Å². The van der Waals surface area contributed by atoms with E-state index >= 15 is 0 Å². The van der Waals surface area contributed by atoms with Crippen LogP contribution in [0.2, 0.25) is 0 Å². The molecule has 5 heteroatoms. The molecule has 0 atom stereocenters. The molecule has 1 aromatic heterocycles.